The fraction of sp³-hybridized carbons (Fsp3) is 0.667. The van der Waals surface area contributed by atoms with Gasteiger partial charge in [0.05, 0.1) is 12.0 Å². The van der Waals surface area contributed by atoms with Crippen LogP contribution in [0, 0.1) is 0 Å². The molecule has 1 heterocycles. The summed E-state index contributed by atoms with van der Waals surface area (Å²) in [6, 6.07) is 0. The van der Waals surface area contributed by atoms with Gasteiger partial charge >= 0.3 is 0 Å². The fourth-order valence-electron chi connectivity index (χ4n) is 1.77. The third-order valence-electron chi connectivity index (χ3n) is 2.74. The number of nitrogens with two attached hydrogens (primary N) is 1. The molecule has 0 spiro atoms. The molecule has 1 saturated carbocycles. The maximum Gasteiger partial charge on any atom is 0.117 e. The van der Waals surface area contributed by atoms with E-state index in [-0.39, 0.29) is 5.41 Å². The summed E-state index contributed by atoms with van der Waals surface area (Å²) < 4.78 is 2.16. The predicted octanol–water partition coefficient (Wildman–Crippen LogP) is 0.825. The van der Waals surface area contributed by atoms with E-state index < -0.39 is 0 Å². The topological polar surface area (TPSA) is 53.1 Å². The van der Waals surface area contributed by atoms with Crippen molar-refractivity contribution in [3.8, 4) is 0 Å². The van der Waals surface area contributed by atoms with Crippen LogP contribution in [-0.2, 0) is 16.8 Å². The molecule has 72 valence electrons. The Morgan fingerprint density at radius 2 is 2.46 bits per heavy atom. The molecule has 0 aromatic carbocycles. The van der Waals surface area contributed by atoms with Crippen molar-refractivity contribution in [2.45, 2.75) is 31.7 Å². The highest BCUT2D eigenvalue weighted by Gasteiger charge is 2.47. The van der Waals surface area contributed by atoms with Crippen molar-refractivity contribution in [2.75, 3.05) is 6.61 Å². The summed E-state index contributed by atoms with van der Waals surface area (Å²) in [5.41, 5.74) is 0.119. The number of hydrogen-bond acceptors (Lipinski definition) is 3. The fourth-order valence-corrected chi connectivity index (χ4v) is 1.77. The van der Waals surface area contributed by atoms with Crippen molar-refractivity contribution in [3.63, 3.8) is 0 Å². The van der Waals surface area contributed by atoms with Crippen LogP contribution in [0.4, 0.5) is 0 Å². The van der Waals surface area contributed by atoms with E-state index in [1.54, 1.807) is 0 Å². The molecule has 0 saturated heterocycles. The predicted molar refractivity (Wildman–Crippen MR) is 49.0 cm³/mol. The lowest BCUT2D eigenvalue weighted by Crippen LogP contribution is -2.22. The van der Waals surface area contributed by atoms with E-state index >= 15 is 0 Å². The number of aryl methyl sites for hydroxylation is 1. The van der Waals surface area contributed by atoms with Crippen LogP contribution in [-0.4, -0.2) is 16.2 Å². The molecule has 1 fully saturated rings. The highest BCUT2D eigenvalue weighted by atomic mass is 16.6. The third kappa shape index (κ3) is 1.36. The van der Waals surface area contributed by atoms with Crippen LogP contribution in [0.15, 0.2) is 12.4 Å². The van der Waals surface area contributed by atoms with E-state index in [2.05, 4.69) is 16.5 Å². The molecule has 0 unspecified atom stereocenters. The summed E-state index contributed by atoms with van der Waals surface area (Å²) in [7, 11) is 0. The summed E-state index contributed by atoms with van der Waals surface area (Å²) in [4.78, 5) is 9.11. The first-order valence-corrected chi connectivity index (χ1v) is 4.66. The van der Waals surface area contributed by atoms with E-state index in [0.29, 0.717) is 6.61 Å². The van der Waals surface area contributed by atoms with E-state index in [9.17, 15) is 0 Å². The smallest absolute Gasteiger partial charge is 0.117 e. The highest BCUT2D eigenvalue weighted by Crippen LogP contribution is 2.47. The summed E-state index contributed by atoms with van der Waals surface area (Å²) in [6.07, 6.45) is 6.13. The summed E-state index contributed by atoms with van der Waals surface area (Å²) in [5.74, 6) is 6.24. The third-order valence-corrected chi connectivity index (χ3v) is 2.74. The Kier molecular flexibility index (Phi) is 2.09. The van der Waals surface area contributed by atoms with Gasteiger partial charge in [-0.3, -0.25) is 0 Å². The maximum atomic E-state index is 5.12. The number of rotatable bonds is 4. The van der Waals surface area contributed by atoms with Crippen LogP contribution in [0.3, 0.4) is 0 Å². The van der Waals surface area contributed by atoms with Gasteiger partial charge in [-0.05, 0) is 19.8 Å². The molecule has 0 radical (unpaired) electrons. The Hall–Kier alpha value is -0.870. The Labute approximate surface area is 77.7 Å². The lowest BCUT2D eigenvalue weighted by molar-refractivity contribution is 0.112. The Balaban J connectivity index is 2.24. The van der Waals surface area contributed by atoms with Gasteiger partial charge in [0.25, 0.3) is 0 Å². The van der Waals surface area contributed by atoms with Gasteiger partial charge in [-0.1, -0.05) is 0 Å². The van der Waals surface area contributed by atoms with Crippen LogP contribution in [0.2, 0.25) is 0 Å². The number of aromatic nitrogens is 2. The molecule has 1 aromatic heterocycles. The summed E-state index contributed by atoms with van der Waals surface area (Å²) in [5, 5.41) is 0. The molecule has 2 N–H and O–H groups in total. The second-order valence-corrected chi connectivity index (χ2v) is 3.63. The average Bonchev–Trinajstić information content (AvgIpc) is 2.77. The van der Waals surface area contributed by atoms with Crippen molar-refractivity contribution in [2.24, 2.45) is 5.90 Å². The normalized spacial score (nSPS) is 18.9. The van der Waals surface area contributed by atoms with Crippen molar-refractivity contribution in [1.29, 1.82) is 0 Å². The summed E-state index contributed by atoms with van der Waals surface area (Å²) >= 11 is 0. The minimum Gasteiger partial charge on any atom is -0.335 e. The maximum absolute atomic E-state index is 5.12. The van der Waals surface area contributed by atoms with Gasteiger partial charge in [0.2, 0.25) is 0 Å². The van der Waals surface area contributed by atoms with Crippen molar-refractivity contribution >= 4 is 0 Å². The van der Waals surface area contributed by atoms with E-state index in [1.807, 2.05) is 12.4 Å². The molecule has 4 heteroatoms. The number of imidazole rings is 1. The highest BCUT2D eigenvalue weighted by molar-refractivity contribution is 5.19. The van der Waals surface area contributed by atoms with Crippen molar-refractivity contribution in [1.82, 2.24) is 9.55 Å². The molecule has 1 aliphatic rings. The molecule has 0 amide bonds. The molecular weight excluding hydrogens is 166 g/mol. The summed E-state index contributed by atoms with van der Waals surface area (Å²) in [6.45, 7) is 3.66. The van der Waals surface area contributed by atoms with Crippen LogP contribution >= 0.6 is 0 Å². The zero-order chi connectivity index (χ0) is 9.31. The molecule has 0 bridgehead atoms. The van der Waals surface area contributed by atoms with Gasteiger partial charge in [-0.15, -0.1) is 0 Å². The second-order valence-electron chi connectivity index (χ2n) is 3.63. The van der Waals surface area contributed by atoms with E-state index in [1.165, 1.54) is 0 Å². The van der Waals surface area contributed by atoms with Gasteiger partial charge in [-0.2, -0.15) is 0 Å². The van der Waals surface area contributed by atoms with Crippen LogP contribution in [0.25, 0.3) is 0 Å². The number of hydrogen-bond donors (Lipinski definition) is 1. The average molecular weight is 181 g/mol. The first kappa shape index (κ1) is 8.72. The second kappa shape index (κ2) is 3.12. The van der Waals surface area contributed by atoms with Crippen molar-refractivity contribution in [3.05, 3.63) is 18.2 Å². The van der Waals surface area contributed by atoms with Crippen LogP contribution < -0.4 is 5.90 Å². The van der Waals surface area contributed by atoms with Gasteiger partial charge in [0, 0.05) is 18.9 Å². The first-order chi connectivity index (χ1) is 6.32. The SMILES string of the molecule is CCn1ccnc1C1(CON)CC1. The molecule has 0 atom stereocenters. The molecule has 1 aliphatic carbocycles. The quantitative estimate of drug-likeness (QED) is 0.700. The van der Waals surface area contributed by atoms with Gasteiger partial charge in [-0.25, -0.2) is 10.9 Å². The van der Waals surface area contributed by atoms with Gasteiger partial charge in [0.1, 0.15) is 5.82 Å². The van der Waals surface area contributed by atoms with Crippen molar-refractivity contribution < 1.29 is 4.84 Å². The van der Waals surface area contributed by atoms with E-state index in [0.717, 1.165) is 25.2 Å². The van der Waals surface area contributed by atoms with Crippen LogP contribution in [0.1, 0.15) is 25.6 Å². The van der Waals surface area contributed by atoms with Gasteiger partial charge < -0.3 is 9.40 Å². The molecule has 1 aromatic rings. The minimum absolute atomic E-state index is 0.119. The first-order valence-electron chi connectivity index (χ1n) is 4.66. The molecule has 0 aliphatic heterocycles. The zero-order valence-electron chi connectivity index (χ0n) is 7.86. The Bertz CT molecular complexity index is 291. The molecule has 13 heavy (non-hydrogen) atoms. The van der Waals surface area contributed by atoms with Gasteiger partial charge in [0.15, 0.2) is 0 Å². The standard InChI is InChI=1S/C9H15N3O/c1-2-12-6-5-11-8(12)9(3-4-9)7-13-10/h5-6H,2-4,7,10H2,1H3. The zero-order valence-corrected chi connectivity index (χ0v) is 7.86. The minimum atomic E-state index is 0.119. The van der Waals surface area contributed by atoms with Crippen LogP contribution in [0.5, 0.6) is 0 Å². The Morgan fingerprint density at radius 3 is 3.00 bits per heavy atom. The number of nitrogens with zero attached hydrogens (tertiary/aromatic N) is 2. The lowest BCUT2D eigenvalue weighted by Gasteiger charge is -2.14. The largest absolute Gasteiger partial charge is 0.335 e. The molecular formula is C9H15N3O. The van der Waals surface area contributed by atoms with E-state index in [4.69, 9.17) is 10.7 Å². The molecule has 2 rings (SSSR count). The lowest BCUT2D eigenvalue weighted by atomic mass is 10.1. The Morgan fingerprint density at radius 1 is 1.69 bits per heavy atom. The molecule has 4 nitrogen and oxygen atoms in total. The monoisotopic (exact) mass is 181 g/mol.